The number of ether oxygens (including phenoxy) is 1. The first-order valence-electron chi connectivity index (χ1n) is 9.07. The highest BCUT2D eigenvalue weighted by Crippen LogP contribution is 2.27. The molecule has 0 bridgehead atoms. The molecule has 3 nitrogen and oxygen atoms in total. The maximum atomic E-state index is 12.7. The third-order valence-electron chi connectivity index (χ3n) is 5.01. The summed E-state index contributed by atoms with van der Waals surface area (Å²) in [6, 6.07) is 20.5. The van der Waals surface area contributed by atoms with Crippen LogP contribution >= 0.6 is 0 Å². The SMILES string of the molecule is CCOC(=O)[C@H]1[C@@H](Cc2ccccc2)CC[N+]1=C(C)c1ccccc1. The van der Waals surface area contributed by atoms with Gasteiger partial charge in [-0.1, -0.05) is 48.5 Å². The number of carbonyl (C=O) groups excluding carboxylic acids is 1. The first-order valence-corrected chi connectivity index (χ1v) is 9.07. The fourth-order valence-corrected chi connectivity index (χ4v) is 3.76. The standard InChI is InChI=1S/C22H26NO2/c1-3-25-22(24)21-20(16-18-10-6-4-7-11-18)14-15-23(21)17(2)19-12-8-5-9-13-19/h4-13,20-21H,3,14-16H2,1-2H3/q+1/t20-,21-/m1/s1. The van der Waals surface area contributed by atoms with Crippen molar-refractivity contribution in [3.63, 3.8) is 0 Å². The first-order chi connectivity index (χ1) is 12.2. The summed E-state index contributed by atoms with van der Waals surface area (Å²) in [5.41, 5.74) is 3.59. The Kier molecular flexibility index (Phi) is 5.64. The van der Waals surface area contributed by atoms with E-state index in [-0.39, 0.29) is 17.9 Å². The van der Waals surface area contributed by atoms with Gasteiger partial charge in [-0.25, -0.2) is 9.37 Å². The molecule has 25 heavy (non-hydrogen) atoms. The molecule has 0 aromatic heterocycles. The van der Waals surface area contributed by atoms with E-state index in [9.17, 15) is 4.79 Å². The lowest BCUT2D eigenvalue weighted by atomic mass is 9.92. The van der Waals surface area contributed by atoms with E-state index in [1.165, 1.54) is 5.56 Å². The van der Waals surface area contributed by atoms with Crippen molar-refractivity contribution in [2.24, 2.45) is 5.92 Å². The highest BCUT2D eigenvalue weighted by atomic mass is 16.5. The molecule has 1 aliphatic rings. The number of carbonyl (C=O) groups is 1. The molecule has 3 rings (SSSR count). The quantitative estimate of drug-likeness (QED) is 0.615. The van der Waals surface area contributed by atoms with Crippen LogP contribution in [0.1, 0.15) is 31.4 Å². The molecule has 1 fully saturated rings. The molecular formula is C22H26NO2+. The van der Waals surface area contributed by atoms with Gasteiger partial charge in [0.25, 0.3) is 6.04 Å². The van der Waals surface area contributed by atoms with Crippen molar-refractivity contribution in [2.45, 2.75) is 32.7 Å². The molecule has 1 heterocycles. The van der Waals surface area contributed by atoms with Gasteiger partial charge in [-0.05, 0) is 31.0 Å². The van der Waals surface area contributed by atoms with E-state index in [0.29, 0.717) is 6.61 Å². The summed E-state index contributed by atoms with van der Waals surface area (Å²) in [4.78, 5) is 12.7. The van der Waals surface area contributed by atoms with Gasteiger partial charge in [0.2, 0.25) is 0 Å². The topological polar surface area (TPSA) is 29.3 Å². The van der Waals surface area contributed by atoms with Crippen LogP contribution in [0.3, 0.4) is 0 Å². The summed E-state index contributed by atoms with van der Waals surface area (Å²) in [7, 11) is 0. The molecule has 2 aromatic rings. The molecule has 1 saturated heterocycles. The Morgan fingerprint density at radius 3 is 2.36 bits per heavy atom. The first kappa shape index (κ1) is 17.4. The zero-order valence-electron chi connectivity index (χ0n) is 15.0. The second kappa shape index (κ2) is 8.11. The number of rotatable bonds is 5. The lowest BCUT2D eigenvalue weighted by Gasteiger charge is -2.16. The summed E-state index contributed by atoms with van der Waals surface area (Å²) in [6.45, 7) is 5.29. The minimum absolute atomic E-state index is 0.101. The van der Waals surface area contributed by atoms with E-state index in [4.69, 9.17) is 4.74 Å². The van der Waals surface area contributed by atoms with E-state index in [2.05, 4.69) is 47.9 Å². The lowest BCUT2D eigenvalue weighted by Crippen LogP contribution is -2.38. The molecule has 0 unspecified atom stereocenters. The van der Waals surface area contributed by atoms with Gasteiger partial charge in [-0.2, -0.15) is 0 Å². The van der Waals surface area contributed by atoms with Gasteiger partial charge in [0.15, 0.2) is 5.71 Å². The molecule has 3 heteroatoms. The van der Waals surface area contributed by atoms with Crippen LogP contribution in [0, 0.1) is 5.92 Å². The summed E-state index contributed by atoms with van der Waals surface area (Å²) in [6.07, 6.45) is 1.91. The maximum absolute atomic E-state index is 12.7. The van der Waals surface area contributed by atoms with Crippen LogP contribution in [0.2, 0.25) is 0 Å². The minimum atomic E-state index is -0.208. The highest BCUT2D eigenvalue weighted by molar-refractivity contribution is 5.95. The predicted octanol–water partition coefficient (Wildman–Crippen LogP) is 3.70. The van der Waals surface area contributed by atoms with Crippen molar-refractivity contribution < 1.29 is 14.1 Å². The Morgan fingerprint density at radius 2 is 1.72 bits per heavy atom. The van der Waals surface area contributed by atoms with Crippen molar-refractivity contribution in [1.82, 2.24) is 0 Å². The van der Waals surface area contributed by atoms with Crippen molar-refractivity contribution in [3.05, 3.63) is 71.8 Å². The number of hydrogen-bond acceptors (Lipinski definition) is 2. The fourth-order valence-electron chi connectivity index (χ4n) is 3.76. The van der Waals surface area contributed by atoms with Crippen LogP contribution in [0.15, 0.2) is 60.7 Å². The zero-order chi connectivity index (χ0) is 17.6. The Hall–Kier alpha value is -2.42. The smallest absolute Gasteiger partial charge is 0.375 e. The molecule has 0 amide bonds. The maximum Gasteiger partial charge on any atom is 0.375 e. The third-order valence-corrected chi connectivity index (χ3v) is 5.01. The van der Waals surface area contributed by atoms with E-state index < -0.39 is 0 Å². The van der Waals surface area contributed by atoms with Crippen LogP contribution in [0.5, 0.6) is 0 Å². The molecule has 2 aromatic carbocycles. The monoisotopic (exact) mass is 336 g/mol. The minimum Gasteiger partial charge on any atom is -0.461 e. The van der Waals surface area contributed by atoms with Gasteiger partial charge in [-0.3, -0.25) is 0 Å². The fraction of sp³-hybridized carbons (Fsp3) is 0.364. The number of benzene rings is 2. The van der Waals surface area contributed by atoms with Crippen LogP contribution < -0.4 is 0 Å². The van der Waals surface area contributed by atoms with Crippen molar-refractivity contribution in [3.8, 4) is 0 Å². The van der Waals surface area contributed by atoms with Gasteiger partial charge in [0, 0.05) is 24.8 Å². The van der Waals surface area contributed by atoms with Crippen LogP contribution in [0.4, 0.5) is 0 Å². The molecule has 1 aliphatic heterocycles. The van der Waals surface area contributed by atoms with Crippen molar-refractivity contribution >= 4 is 11.7 Å². The summed E-state index contributed by atoms with van der Waals surface area (Å²) in [5, 5.41) is 0. The number of nitrogens with zero attached hydrogens (tertiary/aromatic N) is 1. The van der Waals surface area contributed by atoms with Crippen molar-refractivity contribution in [2.75, 3.05) is 13.2 Å². The van der Waals surface area contributed by atoms with Gasteiger partial charge in [0.05, 0.1) is 6.61 Å². The Balaban J connectivity index is 1.92. The predicted molar refractivity (Wildman–Crippen MR) is 100 cm³/mol. The average Bonchev–Trinajstić information content (AvgIpc) is 3.06. The lowest BCUT2D eigenvalue weighted by molar-refractivity contribution is -0.536. The van der Waals surface area contributed by atoms with Crippen LogP contribution in [-0.2, 0) is 16.0 Å². The summed E-state index contributed by atoms with van der Waals surface area (Å²) < 4.78 is 7.65. The Bertz CT molecular complexity index is 737. The van der Waals surface area contributed by atoms with Crippen LogP contribution in [-0.4, -0.2) is 35.4 Å². The molecule has 130 valence electrons. The average molecular weight is 336 g/mol. The molecule has 0 spiro atoms. The molecule has 0 saturated carbocycles. The van der Waals surface area contributed by atoms with E-state index >= 15 is 0 Å². The normalized spacial score (nSPS) is 21.8. The molecule has 2 atom stereocenters. The van der Waals surface area contributed by atoms with Gasteiger partial charge in [0.1, 0.15) is 6.54 Å². The number of esters is 1. The van der Waals surface area contributed by atoms with Crippen LogP contribution in [0.25, 0.3) is 0 Å². The van der Waals surface area contributed by atoms with E-state index in [0.717, 1.165) is 30.7 Å². The van der Waals surface area contributed by atoms with Gasteiger partial charge < -0.3 is 4.74 Å². The van der Waals surface area contributed by atoms with E-state index in [1.807, 2.05) is 31.2 Å². The van der Waals surface area contributed by atoms with Gasteiger partial charge >= 0.3 is 5.97 Å². The molecular weight excluding hydrogens is 310 g/mol. The van der Waals surface area contributed by atoms with E-state index in [1.54, 1.807) is 0 Å². The Labute approximate surface area is 150 Å². The summed E-state index contributed by atoms with van der Waals surface area (Å²) in [5.74, 6) is 0.177. The van der Waals surface area contributed by atoms with Gasteiger partial charge in [-0.15, -0.1) is 0 Å². The second-order valence-corrected chi connectivity index (χ2v) is 6.58. The Morgan fingerprint density at radius 1 is 1.08 bits per heavy atom. The van der Waals surface area contributed by atoms with Crippen molar-refractivity contribution in [1.29, 1.82) is 0 Å². The largest absolute Gasteiger partial charge is 0.461 e. The second-order valence-electron chi connectivity index (χ2n) is 6.58. The third kappa shape index (κ3) is 3.98. The molecule has 0 radical (unpaired) electrons. The highest BCUT2D eigenvalue weighted by Gasteiger charge is 2.45. The molecule has 0 aliphatic carbocycles. The summed E-state index contributed by atoms with van der Waals surface area (Å²) >= 11 is 0. The zero-order valence-corrected chi connectivity index (χ0v) is 15.0. The molecule has 0 N–H and O–H groups in total. The number of hydrogen-bond donors (Lipinski definition) is 0.